The van der Waals surface area contributed by atoms with Crippen LogP contribution in [-0.4, -0.2) is 33.8 Å². The zero-order valence-corrected chi connectivity index (χ0v) is 15.3. The molecule has 0 saturated heterocycles. The molecule has 0 saturated carbocycles. The Balaban J connectivity index is 2.32. The molecule has 0 unspecified atom stereocenters. The number of hydrogen-bond donors (Lipinski definition) is 1. The molecule has 0 aliphatic heterocycles. The lowest BCUT2D eigenvalue weighted by atomic mass is 10.1. The third-order valence-corrected chi connectivity index (χ3v) is 3.71. The van der Waals surface area contributed by atoms with E-state index in [2.05, 4.69) is 5.32 Å². The van der Waals surface area contributed by atoms with E-state index in [4.69, 9.17) is 30.5 Å². The molecule has 0 fully saturated rings. The molecular weight excluding hydrogens is 346 g/mol. The van der Waals surface area contributed by atoms with E-state index >= 15 is 0 Å². The summed E-state index contributed by atoms with van der Waals surface area (Å²) in [4.78, 5) is 12.6. The number of carbonyl (C=O) groups excluding carboxylic acids is 1. The number of halogens is 1. The van der Waals surface area contributed by atoms with Crippen LogP contribution in [-0.2, 0) is 0 Å². The van der Waals surface area contributed by atoms with Gasteiger partial charge < -0.3 is 24.3 Å². The first-order chi connectivity index (χ1) is 12.0. The molecule has 1 amide bonds. The van der Waals surface area contributed by atoms with Gasteiger partial charge in [-0.15, -0.1) is 0 Å². The highest BCUT2D eigenvalue weighted by atomic mass is 35.5. The molecule has 1 N–H and O–H groups in total. The number of ether oxygens (including phenoxy) is 4. The number of methoxy groups -OCH3 is 3. The van der Waals surface area contributed by atoms with E-state index in [1.807, 2.05) is 6.92 Å². The average molecular weight is 366 g/mol. The van der Waals surface area contributed by atoms with Crippen molar-refractivity contribution in [1.82, 2.24) is 0 Å². The van der Waals surface area contributed by atoms with Gasteiger partial charge in [-0.2, -0.15) is 0 Å². The van der Waals surface area contributed by atoms with Gasteiger partial charge in [0.15, 0.2) is 11.5 Å². The second kappa shape index (κ2) is 8.48. The molecule has 134 valence electrons. The number of nitrogens with one attached hydrogen (secondary N) is 1. The molecule has 0 aliphatic rings. The van der Waals surface area contributed by atoms with E-state index in [9.17, 15) is 4.79 Å². The van der Waals surface area contributed by atoms with Gasteiger partial charge in [-0.1, -0.05) is 11.6 Å². The predicted molar refractivity (Wildman–Crippen MR) is 96.7 cm³/mol. The summed E-state index contributed by atoms with van der Waals surface area (Å²) in [6.45, 7) is 2.26. The van der Waals surface area contributed by atoms with Crippen molar-refractivity contribution in [3.63, 3.8) is 0 Å². The van der Waals surface area contributed by atoms with Crippen molar-refractivity contribution in [2.24, 2.45) is 0 Å². The molecule has 0 radical (unpaired) electrons. The summed E-state index contributed by atoms with van der Waals surface area (Å²) in [5.41, 5.74) is 0.852. The molecule has 6 nitrogen and oxygen atoms in total. The number of anilines is 1. The highest BCUT2D eigenvalue weighted by Gasteiger charge is 2.17. The Kier molecular flexibility index (Phi) is 6.36. The summed E-state index contributed by atoms with van der Waals surface area (Å²) < 4.78 is 21.1. The Morgan fingerprint density at radius 3 is 2.40 bits per heavy atom. The molecule has 0 spiro atoms. The van der Waals surface area contributed by atoms with Gasteiger partial charge in [0.1, 0.15) is 11.5 Å². The highest BCUT2D eigenvalue weighted by Crippen LogP contribution is 2.37. The second-order valence-corrected chi connectivity index (χ2v) is 5.35. The first-order valence-electron chi connectivity index (χ1n) is 7.57. The molecule has 2 aromatic rings. The van der Waals surface area contributed by atoms with E-state index in [-0.39, 0.29) is 5.91 Å². The lowest BCUT2D eigenvalue weighted by molar-refractivity contribution is 0.102. The van der Waals surface area contributed by atoms with Crippen molar-refractivity contribution in [3.8, 4) is 23.0 Å². The van der Waals surface area contributed by atoms with Crippen LogP contribution in [0.3, 0.4) is 0 Å². The summed E-state index contributed by atoms with van der Waals surface area (Å²) in [5.74, 6) is 1.55. The van der Waals surface area contributed by atoms with Gasteiger partial charge in [0.05, 0.1) is 38.6 Å². The van der Waals surface area contributed by atoms with Gasteiger partial charge in [-0.25, -0.2) is 0 Å². The zero-order chi connectivity index (χ0) is 18.4. The van der Waals surface area contributed by atoms with Crippen LogP contribution in [0.15, 0.2) is 30.3 Å². The van der Waals surface area contributed by atoms with Crippen molar-refractivity contribution in [1.29, 1.82) is 0 Å². The SMILES string of the molecule is CCOc1cc(C(=O)Nc2ccc(OC)cc2OC)cc(Cl)c1OC. The summed E-state index contributed by atoms with van der Waals surface area (Å²) in [5, 5.41) is 3.08. The third kappa shape index (κ3) is 4.28. The number of amides is 1. The maximum absolute atomic E-state index is 12.6. The van der Waals surface area contributed by atoms with Crippen molar-refractivity contribution in [3.05, 3.63) is 40.9 Å². The van der Waals surface area contributed by atoms with Crippen molar-refractivity contribution in [2.45, 2.75) is 6.92 Å². The van der Waals surface area contributed by atoms with Crippen LogP contribution in [0.4, 0.5) is 5.69 Å². The van der Waals surface area contributed by atoms with Crippen LogP contribution in [0.5, 0.6) is 23.0 Å². The minimum absolute atomic E-state index is 0.292. The molecule has 25 heavy (non-hydrogen) atoms. The largest absolute Gasteiger partial charge is 0.497 e. The van der Waals surface area contributed by atoms with Gasteiger partial charge >= 0.3 is 0 Å². The standard InChI is InChI=1S/C18H20ClNO5/c1-5-25-16-9-11(8-13(19)17(16)24-4)18(21)20-14-7-6-12(22-2)10-15(14)23-3/h6-10H,5H2,1-4H3,(H,20,21). The van der Waals surface area contributed by atoms with Crippen LogP contribution in [0.1, 0.15) is 17.3 Å². The lowest BCUT2D eigenvalue weighted by Gasteiger charge is -2.14. The van der Waals surface area contributed by atoms with Crippen LogP contribution < -0.4 is 24.3 Å². The van der Waals surface area contributed by atoms with E-state index in [0.717, 1.165) is 0 Å². The fourth-order valence-electron chi connectivity index (χ4n) is 2.26. The van der Waals surface area contributed by atoms with Crippen LogP contribution in [0.2, 0.25) is 5.02 Å². The van der Waals surface area contributed by atoms with E-state index in [0.29, 0.717) is 45.9 Å². The lowest BCUT2D eigenvalue weighted by Crippen LogP contribution is -2.13. The quantitative estimate of drug-likeness (QED) is 0.802. The van der Waals surface area contributed by atoms with E-state index in [1.165, 1.54) is 20.3 Å². The van der Waals surface area contributed by atoms with Gasteiger partial charge in [0.25, 0.3) is 5.91 Å². The minimum atomic E-state index is -0.353. The topological polar surface area (TPSA) is 66.0 Å². The fraction of sp³-hybridized carbons (Fsp3) is 0.278. The Morgan fingerprint density at radius 2 is 1.80 bits per heavy atom. The summed E-state index contributed by atoms with van der Waals surface area (Å²) >= 11 is 6.19. The van der Waals surface area contributed by atoms with Crippen molar-refractivity contribution < 1.29 is 23.7 Å². The third-order valence-electron chi connectivity index (χ3n) is 3.43. The smallest absolute Gasteiger partial charge is 0.255 e. The van der Waals surface area contributed by atoms with Gasteiger partial charge in [-0.05, 0) is 31.2 Å². The molecule has 7 heteroatoms. The van der Waals surface area contributed by atoms with Gasteiger partial charge in [0.2, 0.25) is 0 Å². The van der Waals surface area contributed by atoms with Crippen LogP contribution >= 0.6 is 11.6 Å². The number of hydrogen-bond acceptors (Lipinski definition) is 5. The first-order valence-corrected chi connectivity index (χ1v) is 7.95. The zero-order valence-electron chi connectivity index (χ0n) is 14.5. The van der Waals surface area contributed by atoms with Crippen LogP contribution in [0.25, 0.3) is 0 Å². The normalized spacial score (nSPS) is 10.1. The van der Waals surface area contributed by atoms with E-state index < -0.39 is 0 Å². The van der Waals surface area contributed by atoms with Gasteiger partial charge in [0, 0.05) is 11.6 Å². The predicted octanol–water partition coefficient (Wildman–Crippen LogP) is 4.02. The Morgan fingerprint density at radius 1 is 1.04 bits per heavy atom. The molecule has 2 rings (SSSR count). The average Bonchev–Trinajstić information content (AvgIpc) is 2.62. The maximum Gasteiger partial charge on any atom is 0.255 e. The summed E-state index contributed by atoms with van der Waals surface area (Å²) in [6, 6.07) is 8.21. The number of carbonyl (C=O) groups is 1. The molecule has 0 atom stereocenters. The molecule has 0 heterocycles. The molecule has 0 aromatic heterocycles. The summed E-state index contributed by atoms with van der Waals surface area (Å²) in [6.07, 6.45) is 0. The molecular formula is C18H20ClNO5. The van der Waals surface area contributed by atoms with Crippen molar-refractivity contribution >= 4 is 23.2 Å². The first kappa shape index (κ1) is 18.7. The number of benzene rings is 2. The highest BCUT2D eigenvalue weighted by molar-refractivity contribution is 6.32. The van der Waals surface area contributed by atoms with Crippen LogP contribution in [0, 0.1) is 0 Å². The van der Waals surface area contributed by atoms with Crippen molar-refractivity contribution in [2.75, 3.05) is 33.3 Å². The maximum atomic E-state index is 12.6. The van der Waals surface area contributed by atoms with Gasteiger partial charge in [-0.3, -0.25) is 4.79 Å². The molecule has 0 aliphatic carbocycles. The Hall–Kier alpha value is -2.60. The minimum Gasteiger partial charge on any atom is -0.497 e. The Labute approximate surface area is 151 Å². The Bertz CT molecular complexity index is 763. The molecule has 0 bridgehead atoms. The fourth-order valence-corrected chi connectivity index (χ4v) is 2.54. The molecule has 2 aromatic carbocycles. The monoisotopic (exact) mass is 365 g/mol. The second-order valence-electron chi connectivity index (χ2n) is 4.94. The number of rotatable bonds is 7. The summed E-state index contributed by atoms with van der Waals surface area (Å²) in [7, 11) is 4.56. The van der Waals surface area contributed by atoms with E-state index in [1.54, 1.807) is 31.4 Å².